The first-order valence-corrected chi connectivity index (χ1v) is 10.0. The first-order chi connectivity index (χ1) is 15.6. The molecule has 9 atom stereocenters. The zero-order chi connectivity index (χ0) is 24.3. The van der Waals surface area contributed by atoms with Crippen LogP contribution in [-0.2, 0) is 19.0 Å². The van der Waals surface area contributed by atoms with E-state index in [4.69, 9.17) is 14.2 Å². The summed E-state index contributed by atoms with van der Waals surface area (Å²) in [5.74, 6) is -1.66. The number of hydrogen-bond donors (Lipinski definition) is 8. The van der Waals surface area contributed by atoms with Gasteiger partial charge in [-0.15, -0.1) is 0 Å². The van der Waals surface area contributed by atoms with Crippen molar-refractivity contribution in [3.63, 3.8) is 0 Å². The lowest BCUT2D eigenvalue weighted by atomic mass is 9.95. The molecule has 33 heavy (non-hydrogen) atoms. The fraction of sp³-hybridized carbons (Fsp3) is 0.476. The Labute approximate surface area is 187 Å². The van der Waals surface area contributed by atoms with Crippen LogP contribution < -0.4 is 0 Å². The molecule has 1 aliphatic carbocycles. The average Bonchev–Trinajstić information content (AvgIpc) is 2.79. The summed E-state index contributed by atoms with van der Waals surface area (Å²) in [5, 5.41) is 78.5. The fourth-order valence-corrected chi connectivity index (χ4v) is 3.42. The number of carbonyl (C=O) groups is 1. The predicted molar refractivity (Wildman–Crippen MR) is 108 cm³/mol. The molecule has 3 rings (SSSR count). The smallest absolute Gasteiger partial charge is 0.331 e. The summed E-state index contributed by atoms with van der Waals surface area (Å²) in [6, 6.07) is 3.85. The quantitative estimate of drug-likeness (QED) is 0.0940. The van der Waals surface area contributed by atoms with Gasteiger partial charge in [-0.3, -0.25) is 0 Å². The standard InChI is InChI=1S/C21H26O12/c22-8-14-16(27)18(29)19(30)21(32-14)31-13-5-4-11(24)20(17(13)28)33-15(26)6-2-9-1-3-10(23)12(25)7-9/h1-7,11,13-14,16-25,27-30H,8H2/t11-,13-,14-,16-,17-,18+,19+,20+,21-/m1/s1. The van der Waals surface area contributed by atoms with Crippen molar-refractivity contribution in [2.45, 2.75) is 55.1 Å². The lowest BCUT2D eigenvalue weighted by Crippen LogP contribution is -2.61. The molecule has 1 aliphatic heterocycles. The zero-order valence-corrected chi connectivity index (χ0v) is 17.2. The van der Waals surface area contributed by atoms with Gasteiger partial charge >= 0.3 is 5.97 Å². The van der Waals surface area contributed by atoms with Gasteiger partial charge in [0.25, 0.3) is 0 Å². The molecule has 2 aliphatic rings. The second-order valence-electron chi connectivity index (χ2n) is 7.65. The summed E-state index contributed by atoms with van der Waals surface area (Å²) in [5.41, 5.74) is 0.371. The Morgan fingerprint density at radius 1 is 0.970 bits per heavy atom. The molecule has 1 aromatic carbocycles. The van der Waals surface area contributed by atoms with Crippen LogP contribution in [0.4, 0.5) is 0 Å². The van der Waals surface area contributed by atoms with Gasteiger partial charge < -0.3 is 55.1 Å². The Balaban J connectivity index is 1.64. The van der Waals surface area contributed by atoms with Crippen molar-refractivity contribution in [2.75, 3.05) is 6.61 Å². The van der Waals surface area contributed by atoms with Crippen LogP contribution in [0.15, 0.2) is 36.4 Å². The molecule has 8 N–H and O–H groups in total. The Morgan fingerprint density at radius 3 is 2.36 bits per heavy atom. The first-order valence-electron chi connectivity index (χ1n) is 10.0. The SMILES string of the molecule is O=C(C=Cc1ccc(O)c(O)c1)O[C@@H]1[C@H](O)[C@H](O[C@@H]2O[C@H](CO)[C@@H](O)[C@H](O)[C@@H]2O)C=C[C@H]1O. The summed E-state index contributed by atoms with van der Waals surface area (Å²) in [4.78, 5) is 12.2. The molecule has 0 saturated carbocycles. The van der Waals surface area contributed by atoms with Crippen molar-refractivity contribution in [1.29, 1.82) is 0 Å². The Hall–Kier alpha value is -2.55. The summed E-state index contributed by atoms with van der Waals surface area (Å²) in [6.45, 7) is -0.669. The summed E-state index contributed by atoms with van der Waals surface area (Å²) < 4.78 is 15.8. The van der Waals surface area contributed by atoms with Gasteiger partial charge in [0, 0.05) is 6.08 Å². The van der Waals surface area contributed by atoms with Crippen molar-refractivity contribution in [3.05, 3.63) is 42.0 Å². The van der Waals surface area contributed by atoms with Gasteiger partial charge in [0.1, 0.15) is 42.7 Å². The minimum Gasteiger partial charge on any atom is -0.504 e. The molecule has 0 spiro atoms. The van der Waals surface area contributed by atoms with Gasteiger partial charge in [-0.05, 0) is 23.8 Å². The van der Waals surface area contributed by atoms with Crippen molar-refractivity contribution in [2.24, 2.45) is 0 Å². The third-order valence-electron chi connectivity index (χ3n) is 5.31. The number of hydrogen-bond acceptors (Lipinski definition) is 12. The minimum absolute atomic E-state index is 0.333. The Kier molecular flexibility index (Phi) is 8.05. The van der Waals surface area contributed by atoms with Crippen LogP contribution in [0, 0.1) is 0 Å². The van der Waals surface area contributed by atoms with Crippen LogP contribution in [0.5, 0.6) is 11.5 Å². The number of benzene rings is 1. The van der Waals surface area contributed by atoms with E-state index >= 15 is 0 Å². The van der Waals surface area contributed by atoms with Crippen LogP contribution in [0.25, 0.3) is 6.08 Å². The van der Waals surface area contributed by atoms with E-state index in [0.717, 1.165) is 6.08 Å². The number of aliphatic hydroxyl groups excluding tert-OH is 6. The number of rotatable bonds is 6. The van der Waals surface area contributed by atoms with Gasteiger partial charge in [0.05, 0.1) is 6.61 Å². The molecule has 1 saturated heterocycles. The third kappa shape index (κ3) is 5.69. The van der Waals surface area contributed by atoms with Gasteiger partial charge in [-0.1, -0.05) is 18.2 Å². The van der Waals surface area contributed by atoms with Gasteiger partial charge in [0.15, 0.2) is 23.9 Å². The van der Waals surface area contributed by atoms with Gasteiger partial charge in [-0.2, -0.15) is 0 Å². The van der Waals surface area contributed by atoms with E-state index in [1.165, 1.54) is 36.4 Å². The average molecular weight is 470 g/mol. The van der Waals surface area contributed by atoms with Crippen LogP contribution in [-0.4, -0.2) is 109 Å². The maximum absolute atomic E-state index is 12.2. The molecule has 0 bridgehead atoms. The molecule has 1 fully saturated rings. The lowest BCUT2D eigenvalue weighted by Gasteiger charge is -2.42. The van der Waals surface area contributed by atoms with Gasteiger partial charge in [-0.25, -0.2) is 4.79 Å². The number of aliphatic hydroxyl groups is 6. The molecule has 0 amide bonds. The maximum atomic E-state index is 12.2. The number of ether oxygens (including phenoxy) is 3. The van der Waals surface area contributed by atoms with Gasteiger partial charge in [0.2, 0.25) is 0 Å². The molecule has 0 unspecified atom stereocenters. The van der Waals surface area contributed by atoms with E-state index in [1.54, 1.807) is 0 Å². The highest BCUT2D eigenvalue weighted by Crippen LogP contribution is 2.28. The number of esters is 1. The van der Waals surface area contributed by atoms with Crippen LogP contribution in [0.3, 0.4) is 0 Å². The largest absolute Gasteiger partial charge is 0.504 e. The van der Waals surface area contributed by atoms with E-state index in [-0.39, 0.29) is 11.5 Å². The van der Waals surface area contributed by atoms with E-state index in [1.807, 2.05) is 0 Å². The first kappa shape index (κ1) is 25.1. The second kappa shape index (κ2) is 10.6. The zero-order valence-electron chi connectivity index (χ0n) is 17.2. The predicted octanol–water partition coefficient (Wildman–Crippen LogP) is -2.50. The molecule has 0 radical (unpaired) electrons. The molecule has 12 nitrogen and oxygen atoms in total. The highest BCUT2D eigenvalue weighted by atomic mass is 16.7. The summed E-state index contributed by atoms with van der Waals surface area (Å²) >= 11 is 0. The van der Waals surface area contributed by atoms with Crippen LogP contribution in [0.1, 0.15) is 5.56 Å². The monoisotopic (exact) mass is 470 g/mol. The second-order valence-corrected chi connectivity index (χ2v) is 7.65. The van der Waals surface area contributed by atoms with E-state index < -0.39 is 67.7 Å². The lowest BCUT2D eigenvalue weighted by molar-refractivity contribution is -0.315. The van der Waals surface area contributed by atoms with Crippen molar-refractivity contribution in [3.8, 4) is 11.5 Å². The topological polar surface area (TPSA) is 207 Å². The van der Waals surface area contributed by atoms with Crippen molar-refractivity contribution in [1.82, 2.24) is 0 Å². The highest BCUT2D eigenvalue weighted by Gasteiger charge is 2.47. The molecule has 1 aromatic rings. The van der Waals surface area contributed by atoms with Crippen molar-refractivity contribution >= 4 is 12.0 Å². The summed E-state index contributed by atoms with van der Waals surface area (Å²) in [6.07, 6.45) is -8.74. The number of phenols is 2. The third-order valence-corrected chi connectivity index (χ3v) is 5.31. The van der Waals surface area contributed by atoms with E-state index in [9.17, 15) is 45.6 Å². The molecule has 182 valence electrons. The number of phenolic OH excluding ortho intramolecular Hbond substituents is 2. The maximum Gasteiger partial charge on any atom is 0.331 e. The number of aromatic hydroxyl groups is 2. The van der Waals surface area contributed by atoms with Crippen LogP contribution in [0.2, 0.25) is 0 Å². The molecule has 12 heteroatoms. The summed E-state index contributed by atoms with van der Waals surface area (Å²) in [7, 11) is 0. The molecular formula is C21H26O12. The minimum atomic E-state index is -1.71. The van der Waals surface area contributed by atoms with E-state index in [2.05, 4.69) is 0 Å². The number of carbonyl (C=O) groups excluding carboxylic acids is 1. The van der Waals surface area contributed by atoms with Crippen LogP contribution >= 0.6 is 0 Å². The van der Waals surface area contributed by atoms with Crippen molar-refractivity contribution < 1.29 is 59.9 Å². The normalized spacial score (nSPS) is 36.7. The molecule has 0 aromatic heterocycles. The highest BCUT2D eigenvalue weighted by molar-refractivity contribution is 5.87. The Bertz CT molecular complexity index is 884. The molecular weight excluding hydrogens is 444 g/mol. The van der Waals surface area contributed by atoms with E-state index in [0.29, 0.717) is 5.56 Å². The Morgan fingerprint density at radius 2 is 1.70 bits per heavy atom. The molecule has 1 heterocycles. The fourth-order valence-electron chi connectivity index (χ4n) is 3.42.